The predicted molar refractivity (Wildman–Crippen MR) is 108 cm³/mol. The van der Waals surface area contributed by atoms with Crippen molar-refractivity contribution in [3.05, 3.63) is 11.6 Å². The Hall–Kier alpha value is -0.500. The van der Waals surface area contributed by atoms with Gasteiger partial charge in [-0.05, 0) is 63.0 Å². The van der Waals surface area contributed by atoms with Crippen molar-refractivity contribution in [3.63, 3.8) is 0 Å². The monoisotopic (exact) mass is 407 g/mol. The summed E-state index contributed by atoms with van der Waals surface area (Å²) in [5.74, 6) is -0.107. The Labute approximate surface area is 173 Å². The van der Waals surface area contributed by atoms with Gasteiger partial charge in [-0.25, -0.2) is 0 Å². The van der Waals surface area contributed by atoms with E-state index in [4.69, 9.17) is 9.47 Å². The lowest BCUT2D eigenvalue weighted by molar-refractivity contribution is -0.407. The number of rotatable bonds is 5. The molecule has 4 bridgehead atoms. The zero-order valence-electron chi connectivity index (χ0n) is 18.0. The van der Waals surface area contributed by atoms with Gasteiger partial charge < -0.3 is 30.1 Å². The lowest BCUT2D eigenvalue weighted by Gasteiger charge is -2.73. The molecular formula is C23H37NO5. The molecule has 5 fully saturated rings. The number of nitrogens with one attached hydrogen (secondary N) is 1. The average Bonchev–Trinajstić information content (AvgIpc) is 2.95. The van der Waals surface area contributed by atoms with Gasteiger partial charge in [0.2, 0.25) is 0 Å². The second-order valence-corrected chi connectivity index (χ2v) is 10.6. The van der Waals surface area contributed by atoms with Gasteiger partial charge in [-0.2, -0.15) is 0 Å². The van der Waals surface area contributed by atoms with Crippen LogP contribution >= 0.6 is 0 Å². The van der Waals surface area contributed by atoms with Gasteiger partial charge in [0.1, 0.15) is 5.60 Å². The van der Waals surface area contributed by atoms with Crippen LogP contribution in [0.2, 0.25) is 0 Å². The Bertz CT molecular complexity index is 728. The first-order valence-electron chi connectivity index (χ1n) is 11.4. The second-order valence-electron chi connectivity index (χ2n) is 10.6. The van der Waals surface area contributed by atoms with Crippen LogP contribution < -0.4 is 5.32 Å². The molecule has 6 nitrogen and oxygen atoms in total. The molecule has 0 unspecified atom stereocenters. The number of aliphatic hydroxyl groups excluding tert-OH is 2. The van der Waals surface area contributed by atoms with Gasteiger partial charge in [0.05, 0.1) is 11.7 Å². The lowest BCUT2D eigenvalue weighted by Crippen LogP contribution is -2.79. The fourth-order valence-corrected chi connectivity index (χ4v) is 8.53. The molecule has 0 aromatic rings. The minimum atomic E-state index is -1.03. The van der Waals surface area contributed by atoms with Crippen molar-refractivity contribution < 1.29 is 24.8 Å². The number of hydrogen-bond donors (Lipinski definition) is 4. The second kappa shape index (κ2) is 6.27. The molecule has 1 spiro atoms. The minimum absolute atomic E-state index is 0.107. The van der Waals surface area contributed by atoms with Crippen molar-refractivity contribution in [2.24, 2.45) is 22.7 Å². The van der Waals surface area contributed by atoms with Crippen LogP contribution in [0.1, 0.15) is 58.3 Å². The highest BCUT2D eigenvalue weighted by atomic mass is 16.7. The first-order chi connectivity index (χ1) is 13.8. The van der Waals surface area contributed by atoms with E-state index in [2.05, 4.69) is 18.3 Å². The summed E-state index contributed by atoms with van der Waals surface area (Å²) in [6.45, 7) is 2.99. The number of allylic oxidation sites excluding steroid dienone is 1. The summed E-state index contributed by atoms with van der Waals surface area (Å²) in [7, 11) is 3.62. The van der Waals surface area contributed by atoms with E-state index in [9.17, 15) is 15.3 Å². The van der Waals surface area contributed by atoms with Crippen molar-refractivity contribution in [1.82, 2.24) is 5.32 Å². The highest BCUT2D eigenvalue weighted by molar-refractivity contribution is 5.46. The van der Waals surface area contributed by atoms with Gasteiger partial charge in [-0.3, -0.25) is 0 Å². The third-order valence-corrected chi connectivity index (χ3v) is 9.96. The Morgan fingerprint density at radius 1 is 1.28 bits per heavy atom. The molecule has 4 N–H and O–H groups in total. The van der Waals surface area contributed by atoms with Crippen LogP contribution in [0.5, 0.6) is 0 Å². The molecular weight excluding hydrogens is 370 g/mol. The molecule has 0 aromatic carbocycles. The smallest absolute Gasteiger partial charge is 0.169 e. The summed E-state index contributed by atoms with van der Waals surface area (Å²) in [6.07, 6.45) is 7.67. The van der Waals surface area contributed by atoms with Crippen molar-refractivity contribution in [2.45, 2.75) is 81.4 Å². The molecule has 8 atom stereocenters. The average molecular weight is 408 g/mol. The highest BCUT2D eigenvalue weighted by Crippen LogP contribution is 2.74. The maximum Gasteiger partial charge on any atom is 0.169 e. The normalized spacial score (nSPS) is 55.4. The number of hydrogen-bond acceptors (Lipinski definition) is 6. The first kappa shape index (κ1) is 20.4. The van der Waals surface area contributed by atoms with E-state index in [1.165, 1.54) is 0 Å². The molecule has 29 heavy (non-hydrogen) atoms. The Morgan fingerprint density at radius 3 is 2.76 bits per heavy atom. The van der Waals surface area contributed by atoms with E-state index in [-0.39, 0.29) is 17.9 Å². The van der Waals surface area contributed by atoms with Gasteiger partial charge in [-0.15, -0.1) is 0 Å². The molecule has 2 saturated heterocycles. The zero-order chi connectivity index (χ0) is 20.7. The zero-order valence-corrected chi connectivity index (χ0v) is 18.0. The molecule has 2 aliphatic heterocycles. The van der Waals surface area contributed by atoms with Crippen LogP contribution in [0, 0.1) is 22.7 Å². The van der Waals surface area contributed by atoms with E-state index in [0.717, 1.165) is 37.7 Å². The van der Waals surface area contributed by atoms with Crippen molar-refractivity contribution >= 4 is 0 Å². The van der Waals surface area contributed by atoms with E-state index in [1.807, 2.05) is 7.05 Å². The number of ether oxygens (including phenoxy) is 2. The largest absolute Gasteiger partial charge is 0.396 e. The number of fused-ring (bicyclic) bond motifs is 3. The summed E-state index contributed by atoms with van der Waals surface area (Å²) in [6, 6.07) is 0. The fraction of sp³-hybridized carbons (Fsp3) is 0.913. The molecule has 164 valence electrons. The summed E-state index contributed by atoms with van der Waals surface area (Å²) in [4.78, 5) is 0. The molecule has 6 rings (SSSR count). The Kier molecular flexibility index (Phi) is 4.41. The van der Waals surface area contributed by atoms with Gasteiger partial charge in [-0.1, -0.05) is 13.0 Å². The van der Waals surface area contributed by atoms with E-state index >= 15 is 0 Å². The highest BCUT2D eigenvalue weighted by Gasteiger charge is 2.79. The molecule has 4 aliphatic carbocycles. The maximum absolute atomic E-state index is 12.4. The van der Waals surface area contributed by atoms with Crippen LogP contribution in [0.15, 0.2) is 11.6 Å². The number of aliphatic hydroxyl groups is 3. The predicted octanol–water partition coefficient (Wildman–Crippen LogP) is 1.73. The SMILES string of the molecule is CNC[C@]12C[C@H](O)[C@]34O[C@]5(OC)CC[C@@]3(C)[C@H](CC=C4[C@@]1(O)CC[C@@H]2CCO)C5. The van der Waals surface area contributed by atoms with Crippen LogP contribution in [0.4, 0.5) is 0 Å². The van der Waals surface area contributed by atoms with E-state index < -0.39 is 28.5 Å². The van der Waals surface area contributed by atoms with Crippen LogP contribution in [0.3, 0.4) is 0 Å². The van der Waals surface area contributed by atoms with Crippen molar-refractivity contribution in [1.29, 1.82) is 0 Å². The third-order valence-electron chi connectivity index (χ3n) is 9.96. The lowest BCUT2D eigenvalue weighted by atomic mass is 9.41. The van der Waals surface area contributed by atoms with E-state index in [0.29, 0.717) is 31.7 Å². The fourth-order valence-electron chi connectivity index (χ4n) is 8.53. The van der Waals surface area contributed by atoms with Crippen molar-refractivity contribution in [2.75, 3.05) is 27.3 Å². The molecule has 2 heterocycles. The standard InChI is InChI=1S/C23H37NO5/c1-19-9-10-21(28-3)12-16(19)4-5-17-22(27)8-6-15(7-11-25)20(22,14-24-2)13-18(26)23(17,19)29-21/h5,15-16,18,24-27H,4,6-14H2,1-3H3/t15-,16-,18+,19+,20+,21-,22+,23+/m1/s1. The van der Waals surface area contributed by atoms with Gasteiger partial charge >= 0.3 is 0 Å². The third kappa shape index (κ3) is 2.14. The molecule has 0 amide bonds. The topological polar surface area (TPSA) is 91.2 Å². The van der Waals surface area contributed by atoms with Gasteiger partial charge in [0.15, 0.2) is 5.79 Å². The summed E-state index contributed by atoms with van der Waals surface area (Å²) in [5, 5.41) is 37.2. The maximum atomic E-state index is 12.4. The Balaban J connectivity index is 1.69. The van der Waals surface area contributed by atoms with Crippen LogP contribution in [-0.2, 0) is 9.47 Å². The Morgan fingerprint density at radius 2 is 2.07 bits per heavy atom. The molecule has 6 heteroatoms. The van der Waals surface area contributed by atoms with Crippen molar-refractivity contribution in [3.8, 4) is 0 Å². The summed E-state index contributed by atoms with van der Waals surface area (Å²) < 4.78 is 12.7. The first-order valence-corrected chi connectivity index (χ1v) is 11.4. The van der Waals surface area contributed by atoms with Crippen LogP contribution in [-0.4, -0.2) is 65.7 Å². The molecule has 0 radical (unpaired) electrons. The molecule has 6 aliphatic rings. The minimum Gasteiger partial charge on any atom is -0.396 e. The van der Waals surface area contributed by atoms with Crippen LogP contribution in [0.25, 0.3) is 0 Å². The van der Waals surface area contributed by atoms with Gasteiger partial charge in [0, 0.05) is 43.9 Å². The van der Waals surface area contributed by atoms with Gasteiger partial charge in [0.25, 0.3) is 0 Å². The summed E-state index contributed by atoms with van der Waals surface area (Å²) >= 11 is 0. The number of methoxy groups -OCH3 is 1. The van der Waals surface area contributed by atoms with E-state index in [1.54, 1.807) is 7.11 Å². The quantitative estimate of drug-likeness (QED) is 0.519. The molecule has 0 aromatic heterocycles. The molecule has 3 saturated carbocycles. The summed E-state index contributed by atoms with van der Waals surface area (Å²) in [5.41, 5.74) is -1.71.